The zero-order valence-corrected chi connectivity index (χ0v) is 17.5. The van der Waals surface area contributed by atoms with E-state index in [4.69, 9.17) is 4.74 Å². The van der Waals surface area contributed by atoms with Gasteiger partial charge in [0.1, 0.15) is 0 Å². The summed E-state index contributed by atoms with van der Waals surface area (Å²) < 4.78 is 6.59. The van der Waals surface area contributed by atoms with Crippen LogP contribution in [0.3, 0.4) is 0 Å². The van der Waals surface area contributed by atoms with E-state index in [2.05, 4.69) is 36.3 Å². The number of esters is 1. The van der Waals surface area contributed by atoms with Gasteiger partial charge in [0.15, 0.2) is 23.9 Å². The Balaban J connectivity index is 1.76. The second-order valence-corrected chi connectivity index (χ2v) is 7.90. The number of nitrogens with zero attached hydrogens (tertiary/aromatic N) is 4. The maximum Gasteiger partial charge on any atom is 0.357 e. The number of ether oxygens (including phenoxy) is 1. The quantitative estimate of drug-likeness (QED) is 0.354. The number of aryl methyl sites for hydroxylation is 1. The molecule has 0 saturated carbocycles. The molecule has 0 spiro atoms. The fraction of sp³-hybridized carbons (Fsp3) is 0.261. The first-order valence-corrected chi connectivity index (χ1v) is 9.58. The smallest absolute Gasteiger partial charge is 0.357 e. The van der Waals surface area contributed by atoms with Crippen molar-refractivity contribution >= 4 is 23.5 Å². The van der Waals surface area contributed by atoms with Gasteiger partial charge < -0.3 is 4.74 Å². The van der Waals surface area contributed by atoms with Crippen molar-refractivity contribution in [1.29, 1.82) is 0 Å². The molecule has 30 heavy (non-hydrogen) atoms. The highest BCUT2D eigenvalue weighted by Crippen LogP contribution is 2.22. The Morgan fingerprint density at radius 2 is 1.70 bits per heavy atom. The van der Waals surface area contributed by atoms with Crippen LogP contribution in [0, 0.1) is 6.92 Å². The van der Waals surface area contributed by atoms with Gasteiger partial charge in [0, 0.05) is 5.56 Å². The zero-order valence-electron chi connectivity index (χ0n) is 17.5. The van der Waals surface area contributed by atoms with Crippen LogP contribution in [0.25, 0.3) is 11.8 Å². The monoisotopic (exact) mass is 404 g/mol. The molecule has 2 aromatic carbocycles. The minimum Gasteiger partial charge on any atom is -0.453 e. The molecule has 0 bridgehead atoms. The first kappa shape index (κ1) is 21.1. The third kappa shape index (κ3) is 5.05. The Hall–Kier alpha value is -3.61. The molecule has 0 amide bonds. The summed E-state index contributed by atoms with van der Waals surface area (Å²) in [5.41, 5.74) is 2.51. The van der Waals surface area contributed by atoms with E-state index in [1.165, 1.54) is 4.68 Å². The highest BCUT2D eigenvalue weighted by Gasteiger charge is 2.20. The number of rotatable bonds is 6. The zero-order chi connectivity index (χ0) is 21.7. The standard InChI is InChI=1S/C23H24N4O3/c1-16-24-25-26-27(16)20(14-17-8-6-5-7-9-17)22(29)30-15-21(28)18-10-12-19(13-11-18)23(2,3)4/h5-14H,15H2,1-4H3/b20-14-. The molecule has 0 radical (unpaired) electrons. The van der Waals surface area contributed by atoms with Gasteiger partial charge in [-0.15, -0.1) is 5.10 Å². The van der Waals surface area contributed by atoms with Crippen molar-refractivity contribution in [2.24, 2.45) is 0 Å². The van der Waals surface area contributed by atoms with Gasteiger partial charge in [-0.3, -0.25) is 4.79 Å². The van der Waals surface area contributed by atoms with E-state index < -0.39 is 5.97 Å². The van der Waals surface area contributed by atoms with Crippen LogP contribution in [0.2, 0.25) is 0 Å². The highest BCUT2D eigenvalue weighted by molar-refractivity contribution is 6.16. The number of Topliss-reactive ketones (excluding diaryl/α,β-unsaturated/α-hetero) is 1. The van der Waals surface area contributed by atoms with E-state index >= 15 is 0 Å². The number of hydrogen-bond acceptors (Lipinski definition) is 6. The third-order valence-corrected chi connectivity index (χ3v) is 4.57. The van der Waals surface area contributed by atoms with E-state index in [-0.39, 0.29) is 23.5 Å². The maximum absolute atomic E-state index is 12.8. The van der Waals surface area contributed by atoms with Gasteiger partial charge in [0.25, 0.3) is 0 Å². The summed E-state index contributed by atoms with van der Waals surface area (Å²) in [6.45, 7) is 7.61. The Kier molecular flexibility index (Phi) is 6.20. The normalized spacial score (nSPS) is 11.9. The van der Waals surface area contributed by atoms with E-state index in [9.17, 15) is 9.59 Å². The van der Waals surface area contributed by atoms with Crippen molar-refractivity contribution in [2.75, 3.05) is 6.61 Å². The molecule has 0 aliphatic carbocycles. The van der Waals surface area contributed by atoms with E-state index in [1.807, 2.05) is 42.5 Å². The second-order valence-electron chi connectivity index (χ2n) is 7.90. The van der Waals surface area contributed by atoms with E-state index in [1.54, 1.807) is 25.1 Å². The molecular weight excluding hydrogens is 380 g/mol. The summed E-state index contributed by atoms with van der Waals surface area (Å²) in [6.07, 6.45) is 1.62. The van der Waals surface area contributed by atoms with Crippen LogP contribution < -0.4 is 0 Å². The van der Waals surface area contributed by atoms with Gasteiger partial charge in [0.2, 0.25) is 0 Å². The Labute approximate surface area is 175 Å². The lowest BCUT2D eigenvalue weighted by Gasteiger charge is -2.19. The molecule has 1 heterocycles. The van der Waals surface area contributed by atoms with Crippen molar-refractivity contribution in [3.8, 4) is 0 Å². The molecule has 0 saturated heterocycles. The van der Waals surface area contributed by atoms with Crippen molar-refractivity contribution in [2.45, 2.75) is 33.1 Å². The molecule has 7 heteroatoms. The molecule has 0 aliphatic rings. The van der Waals surface area contributed by atoms with Gasteiger partial charge >= 0.3 is 5.97 Å². The van der Waals surface area contributed by atoms with Crippen LogP contribution in [-0.2, 0) is 14.9 Å². The summed E-state index contributed by atoms with van der Waals surface area (Å²) in [5, 5.41) is 11.3. The van der Waals surface area contributed by atoms with Crippen molar-refractivity contribution in [3.05, 3.63) is 77.1 Å². The molecule has 154 valence electrons. The second kappa shape index (κ2) is 8.82. The summed E-state index contributed by atoms with van der Waals surface area (Å²) >= 11 is 0. The summed E-state index contributed by atoms with van der Waals surface area (Å²) in [5.74, 6) is -0.538. The molecule has 3 rings (SSSR count). The lowest BCUT2D eigenvalue weighted by molar-refractivity contribution is -0.136. The molecule has 0 atom stereocenters. The predicted molar refractivity (Wildman–Crippen MR) is 114 cm³/mol. The summed E-state index contributed by atoms with van der Waals surface area (Å²) in [6, 6.07) is 16.6. The van der Waals surface area contributed by atoms with Gasteiger partial charge in [-0.25, -0.2) is 4.79 Å². The van der Waals surface area contributed by atoms with Crippen LogP contribution in [0.15, 0.2) is 54.6 Å². The topological polar surface area (TPSA) is 87.0 Å². The predicted octanol–water partition coefficient (Wildman–Crippen LogP) is 3.70. The number of carbonyl (C=O) groups is 2. The van der Waals surface area contributed by atoms with E-state index in [0.29, 0.717) is 11.4 Å². The van der Waals surface area contributed by atoms with Crippen LogP contribution in [0.1, 0.15) is 48.1 Å². The lowest BCUT2D eigenvalue weighted by Crippen LogP contribution is -2.19. The fourth-order valence-corrected chi connectivity index (χ4v) is 2.81. The molecule has 3 aromatic rings. The average Bonchev–Trinajstić information content (AvgIpc) is 3.15. The Morgan fingerprint density at radius 3 is 2.27 bits per heavy atom. The van der Waals surface area contributed by atoms with Crippen molar-refractivity contribution in [1.82, 2.24) is 20.2 Å². The van der Waals surface area contributed by atoms with Gasteiger partial charge in [0.05, 0.1) is 0 Å². The number of benzene rings is 2. The first-order valence-electron chi connectivity index (χ1n) is 9.58. The SMILES string of the molecule is Cc1nnnn1/C(=C\c1ccccc1)C(=O)OCC(=O)c1ccc(C(C)(C)C)cc1. The Bertz CT molecular complexity index is 1060. The molecule has 0 N–H and O–H groups in total. The van der Waals surface area contributed by atoms with Crippen LogP contribution in [0.4, 0.5) is 0 Å². The minimum atomic E-state index is -0.686. The number of ketones is 1. The molecule has 0 unspecified atom stereocenters. The number of aromatic nitrogens is 4. The van der Waals surface area contributed by atoms with Gasteiger partial charge in [-0.2, -0.15) is 4.68 Å². The van der Waals surface area contributed by atoms with Crippen LogP contribution >= 0.6 is 0 Å². The molecular formula is C23H24N4O3. The Morgan fingerprint density at radius 1 is 1.03 bits per heavy atom. The van der Waals surface area contributed by atoms with Crippen LogP contribution in [0.5, 0.6) is 0 Å². The van der Waals surface area contributed by atoms with Gasteiger partial charge in [-0.1, -0.05) is 75.4 Å². The lowest BCUT2D eigenvalue weighted by atomic mass is 9.86. The minimum absolute atomic E-state index is 0.00509. The molecule has 0 fully saturated rings. The number of tetrazole rings is 1. The highest BCUT2D eigenvalue weighted by atomic mass is 16.5. The van der Waals surface area contributed by atoms with Crippen molar-refractivity contribution in [3.63, 3.8) is 0 Å². The first-order chi connectivity index (χ1) is 14.3. The fourth-order valence-electron chi connectivity index (χ4n) is 2.81. The summed E-state index contributed by atoms with van der Waals surface area (Å²) in [7, 11) is 0. The average molecular weight is 404 g/mol. The molecule has 0 aliphatic heterocycles. The number of hydrogen-bond donors (Lipinski definition) is 0. The van der Waals surface area contributed by atoms with Crippen LogP contribution in [-0.4, -0.2) is 38.6 Å². The molecule has 1 aromatic heterocycles. The van der Waals surface area contributed by atoms with Gasteiger partial charge in [-0.05, 0) is 40.0 Å². The third-order valence-electron chi connectivity index (χ3n) is 4.57. The van der Waals surface area contributed by atoms with E-state index in [0.717, 1.165) is 11.1 Å². The maximum atomic E-state index is 12.8. The van der Waals surface area contributed by atoms with Crippen molar-refractivity contribution < 1.29 is 14.3 Å². The molecule has 7 nitrogen and oxygen atoms in total. The number of carbonyl (C=O) groups excluding carboxylic acids is 2. The largest absolute Gasteiger partial charge is 0.453 e. The summed E-state index contributed by atoms with van der Waals surface area (Å²) in [4.78, 5) is 25.3.